The molecule has 0 unspecified atom stereocenters. The summed E-state index contributed by atoms with van der Waals surface area (Å²) >= 11 is 1.62. The Hall–Kier alpha value is -3.25. The Morgan fingerprint density at radius 2 is 1.43 bits per heavy atom. The van der Waals surface area contributed by atoms with Gasteiger partial charge in [0.2, 0.25) is 0 Å². The third kappa shape index (κ3) is 8.12. The maximum Gasteiger partial charge on any atom is 0.277 e. The van der Waals surface area contributed by atoms with Crippen LogP contribution in [0.3, 0.4) is 0 Å². The first-order chi connectivity index (χ1) is 18.1. The number of aromatic nitrogens is 4. The average Bonchev–Trinajstić information content (AvgIpc) is 2.94. The van der Waals surface area contributed by atoms with Gasteiger partial charge in [0.1, 0.15) is 6.33 Å². The number of unbranched alkanes of at least 4 members (excludes halogenated alkanes) is 2. The molecule has 2 aromatic heterocycles. The van der Waals surface area contributed by atoms with E-state index in [4.69, 9.17) is 0 Å². The molecule has 0 aliphatic carbocycles. The van der Waals surface area contributed by atoms with Crippen LogP contribution in [0, 0.1) is 0 Å². The highest BCUT2D eigenvalue weighted by atomic mass is 32.2. The van der Waals surface area contributed by atoms with Gasteiger partial charge < -0.3 is 4.57 Å². The molecule has 6 heteroatoms. The molecule has 0 N–H and O–H groups in total. The molecular formula is C31H36N4OS. The molecule has 0 fully saturated rings. The summed E-state index contributed by atoms with van der Waals surface area (Å²) in [4.78, 5) is 25.6. The van der Waals surface area contributed by atoms with Gasteiger partial charge in [-0.25, -0.2) is 9.97 Å². The van der Waals surface area contributed by atoms with E-state index in [2.05, 4.69) is 81.9 Å². The van der Waals surface area contributed by atoms with Crippen molar-refractivity contribution in [2.75, 3.05) is 0 Å². The van der Waals surface area contributed by atoms with E-state index < -0.39 is 0 Å². The number of thioether (sulfide) groups is 1. The molecule has 4 rings (SSSR count). The van der Waals surface area contributed by atoms with Gasteiger partial charge in [-0.1, -0.05) is 87.0 Å². The highest BCUT2D eigenvalue weighted by molar-refractivity contribution is 7.98. The second-order valence-corrected chi connectivity index (χ2v) is 10.4. The van der Waals surface area contributed by atoms with Crippen molar-refractivity contribution in [3.8, 4) is 0 Å². The van der Waals surface area contributed by atoms with Gasteiger partial charge >= 0.3 is 0 Å². The van der Waals surface area contributed by atoms with Crippen LogP contribution in [0.15, 0.2) is 83.4 Å². The molecule has 2 aromatic carbocycles. The van der Waals surface area contributed by atoms with Crippen LogP contribution in [-0.4, -0.2) is 19.5 Å². The van der Waals surface area contributed by atoms with Crippen LogP contribution < -0.4 is 5.56 Å². The quantitative estimate of drug-likeness (QED) is 0.117. The number of benzene rings is 2. The van der Waals surface area contributed by atoms with Crippen molar-refractivity contribution < 1.29 is 0 Å². The monoisotopic (exact) mass is 512 g/mol. The fourth-order valence-electron chi connectivity index (χ4n) is 4.28. The van der Waals surface area contributed by atoms with Crippen molar-refractivity contribution in [2.24, 2.45) is 0 Å². The number of aryl methyl sites for hydroxylation is 4. The predicted molar refractivity (Wildman–Crippen MR) is 152 cm³/mol. The molecule has 0 atom stereocenters. The molecule has 0 amide bonds. The summed E-state index contributed by atoms with van der Waals surface area (Å²) in [6.07, 6.45) is 14.3. The standard InChI is InChI=1S/C31H36N4OS/c1-3-5-6-7-25-10-12-26(13-11-25)16-17-35-21-29(18-28-19-32-23-33-20-28)30(36)34-31(35)37-22-27-14-8-24(4-2)9-15-27/h8-15,19-21,23H,3-7,16-18,22H2,1-2H3. The van der Waals surface area contributed by atoms with E-state index in [0.717, 1.165) is 42.3 Å². The van der Waals surface area contributed by atoms with E-state index in [9.17, 15) is 4.79 Å². The van der Waals surface area contributed by atoms with Crippen LogP contribution in [0.4, 0.5) is 0 Å². The predicted octanol–water partition coefficient (Wildman–Crippen LogP) is 6.45. The molecular weight excluding hydrogens is 476 g/mol. The Bertz CT molecular complexity index is 1300. The van der Waals surface area contributed by atoms with Gasteiger partial charge in [-0.2, -0.15) is 4.98 Å². The molecule has 0 spiro atoms. The minimum atomic E-state index is -0.180. The smallest absolute Gasteiger partial charge is 0.277 e. The second kappa shape index (κ2) is 13.9. The van der Waals surface area contributed by atoms with Crippen molar-refractivity contribution in [1.82, 2.24) is 19.5 Å². The summed E-state index contributed by atoms with van der Waals surface area (Å²) in [6.45, 7) is 5.16. The highest BCUT2D eigenvalue weighted by Gasteiger charge is 2.11. The molecule has 0 saturated heterocycles. The third-order valence-corrected chi connectivity index (χ3v) is 7.63. The fraction of sp³-hybridized carbons (Fsp3) is 0.355. The molecule has 192 valence electrons. The Morgan fingerprint density at radius 1 is 0.784 bits per heavy atom. The van der Waals surface area contributed by atoms with Crippen molar-refractivity contribution in [1.29, 1.82) is 0 Å². The molecule has 0 radical (unpaired) electrons. The Labute approximate surface area is 224 Å². The maximum absolute atomic E-state index is 12.9. The third-order valence-electron chi connectivity index (χ3n) is 6.57. The number of nitrogens with zero attached hydrogens (tertiary/aromatic N) is 4. The molecule has 2 heterocycles. The first-order valence-electron chi connectivity index (χ1n) is 13.3. The SMILES string of the molecule is CCCCCc1ccc(CCn2cc(Cc3cncnc3)c(=O)nc2SCc2ccc(CC)cc2)cc1. The van der Waals surface area contributed by atoms with Crippen LogP contribution >= 0.6 is 11.8 Å². The lowest BCUT2D eigenvalue weighted by atomic mass is 10.0. The van der Waals surface area contributed by atoms with Crippen molar-refractivity contribution in [3.05, 3.63) is 117 Å². The minimum absolute atomic E-state index is 0.180. The van der Waals surface area contributed by atoms with Crippen molar-refractivity contribution in [2.45, 2.75) is 76.2 Å². The molecule has 4 aromatic rings. The van der Waals surface area contributed by atoms with E-state index in [1.54, 1.807) is 24.2 Å². The van der Waals surface area contributed by atoms with Gasteiger partial charge in [0.25, 0.3) is 5.56 Å². The van der Waals surface area contributed by atoms with Gasteiger partial charge in [0.05, 0.1) is 0 Å². The molecule has 0 aliphatic heterocycles. The molecule has 0 aliphatic rings. The molecule has 0 bridgehead atoms. The molecule has 0 saturated carbocycles. The zero-order valence-corrected chi connectivity index (χ0v) is 22.7. The van der Waals surface area contributed by atoms with Crippen LogP contribution in [0.5, 0.6) is 0 Å². The molecule has 5 nitrogen and oxygen atoms in total. The normalized spacial score (nSPS) is 11.1. The topological polar surface area (TPSA) is 60.7 Å². The summed E-state index contributed by atoms with van der Waals surface area (Å²) < 4.78 is 2.14. The lowest BCUT2D eigenvalue weighted by molar-refractivity contribution is 0.595. The lowest BCUT2D eigenvalue weighted by Gasteiger charge is -2.14. The average molecular weight is 513 g/mol. The maximum atomic E-state index is 12.9. The minimum Gasteiger partial charge on any atom is -0.327 e. The van der Waals surface area contributed by atoms with Gasteiger partial charge in [-0.15, -0.1) is 0 Å². The van der Waals surface area contributed by atoms with Gasteiger partial charge in [0, 0.05) is 42.9 Å². The highest BCUT2D eigenvalue weighted by Crippen LogP contribution is 2.22. The van der Waals surface area contributed by atoms with Gasteiger partial charge in [-0.05, 0) is 53.5 Å². The van der Waals surface area contributed by atoms with Crippen molar-refractivity contribution in [3.63, 3.8) is 0 Å². The largest absolute Gasteiger partial charge is 0.327 e. The van der Waals surface area contributed by atoms with Crippen LogP contribution in [0.25, 0.3) is 0 Å². The lowest BCUT2D eigenvalue weighted by Crippen LogP contribution is -2.20. The van der Waals surface area contributed by atoms with E-state index in [-0.39, 0.29) is 5.56 Å². The van der Waals surface area contributed by atoms with E-state index >= 15 is 0 Å². The zero-order chi connectivity index (χ0) is 25.9. The van der Waals surface area contributed by atoms with E-state index in [1.807, 2.05) is 6.20 Å². The van der Waals surface area contributed by atoms with Crippen molar-refractivity contribution >= 4 is 11.8 Å². The summed E-state index contributed by atoms with van der Waals surface area (Å²) in [5.41, 5.74) is 6.64. The second-order valence-electron chi connectivity index (χ2n) is 9.45. The Kier molecular flexibility index (Phi) is 10.1. The van der Waals surface area contributed by atoms with Crippen LogP contribution in [0.1, 0.15) is 66.5 Å². The van der Waals surface area contributed by atoms with Gasteiger partial charge in [0.15, 0.2) is 5.16 Å². The summed E-state index contributed by atoms with van der Waals surface area (Å²) in [5, 5.41) is 0.758. The summed E-state index contributed by atoms with van der Waals surface area (Å²) in [5.74, 6) is 0.773. The Balaban J connectivity index is 1.51. The molecule has 37 heavy (non-hydrogen) atoms. The summed E-state index contributed by atoms with van der Waals surface area (Å²) in [7, 11) is 0. The van der Waals surface area contributed by atoms with E-state index in [0.29, 0.717) is 12.0 Å². The van der Waals surface area contributed by atoms with Crippen LogP contribution in [0.2, 0.25) is 0 Å². The van der Waals surface area contributed by atoms with Crippen LogP contribution in [-0.2, 0) is 38.0 Å². The summed E-state index contributed by atoms with van der Waals surface area (Å²) in [6, 6.07) is 17.7. The Morgan fingerprint density at radius 3 is 2.11 bits per heavy atom. The fourth-order valence-corrected chi connectivity index (χ4v) is 5.23. The van der Waals surface area contributed by atoms with Gasteiger partial charge in [-0.3, -0.25) is 4.79 Å². The number of hydrogen-bond donors (Lipinski definition) is 0. The first-order valence-corrected chi connectivity index (χ1v) is 14.3. The number of hydrogen-bond acceptors (Lipinski definition) is 5. The first kappa shape index (κ1) is 26.8. The van der Waals surface area contributed by atoms with E-state index in [1.165, 1.54) is 47.8 Å². The number of rotatable bonds is 13. The zero-order valence-electron chi connectivity index (χ0n) is 21.9.